The molecule has 0 radical (unpaired) electrons. The van der Waals surface area contributed by atoms with Gasteiger partial charge >= 0.3 is 0 Å². The predicted octanol–water partition coefficient (Wildman–Crippen LogP) is 3.81. The summed E-state index contributed by atoms with van der Waals surface area (Å²) < 4.78 is 22.9. The Morgan fingerprint density at radius 1 is 1.23 bits per heavy atom. The molecule has 9 heteroatoms. The maximum Gasteiger partial charge on any atom is 0.220 e. The Morgan fingerprint density at radius 3 is 2.60 bits per heavy atom. The Morgan fingerprint density at radius 2 is 1.97 bits per heavy atom. The molecule has 1 saturated heterocycles. The first kappa shape index (κ1) is 22.0. The van der Waals surface area contributed by atoms with E-state index in [-0.39, 0.29) is 18.2 Å². The third-order valence-electron chi connectivity index (χ3n) is 6.02. The summed E-state index contributed by atoms with van der Waals surface area (Å²) >= 11 is 0. The van der Waals surface area contributed by atoms with Crippen molar-refractivity contribution in [2.45, 2.75) is 61.1 Å². The van der Waals surface area contributed by atoms with Crippen LogP contribution in [-0.4, -0.2) is 71.1 Å². The second-order valence-corrected chi connectivity index (χ2v) is 13.0. The molecule has 0 amide bonds. The number of aryl methyl sites for hydroxylation is 1. The van der Waals surface area contributed by atoms with Crippen molar-refractivity contribution in [2.24, 2.45) is 4.99 Å². The van der Waals surface area contributed by atoms with Crippen LogP contribution < -0.4 is 5.32 Å². The van der Waals surface area contributed by atoms with Gasteiger partial charge in [0.1, 0.15) is 11.1 Å². The Labute approximate surface area is 182 Å². The van der Waals surface area contributed by atoms with Crippen LogP contribution >= 0.6 is 18.4 Å². The van der Waals surface area contributed by atoms with E-state index in [1.54, 1.807) is 13.3 Å². The molecule has 4 unspecified atom stereocenters. The van der Waals surface area contributed by atoms with E-state index in [9.17, 15) is 4.55 Å². The molecule has 3 heterocycles. The second-order valence-electron chi connectivity index (χ2n) is 8.41. The molecule has 2 aliphatic heterocycles. The molecule has 0 bridgehead atoms. The zero-order chi connectivity index (χ0) is 21.3. The molecular weight excluding hydrogens is 419 g/mol. The summed E-state index contributed by atoms with van der Waals surface area (Å²) in [5.74, 6) is 0.631. The lowest BCUT2D eigenvalue weighted by Crippen LogP contribution is -2.45. The molecule has 1 aromatic rings. The average molecular weight is 453 g/mol. The number of aliphatic imine (C=N–C) groups is 1. The van der Waals surface area contributed by atoms with Gasteiger partial charge in [-0.3, -0.25) is 0 Å². The van der Waals surface area contributed by atoms with E-state index in [2.05, 4.69) is 30.7 Å². The van der Waals surface area contributed by atoms with Gasteiger partial charge in [0, 0.05) is 31.6 Å². The van der Waals surface area contributed by atoms with Gasteiger partial charge in [0.05, 0.1) is 17.4 Å². The van der Waals surface area contributed by atoms with Gasteiger partial charge in [0.15, 0.2) is 6.10 Å². The number of likely N-dealkylation sites (tertiary alicyclic amines) is 1. The molecule has 30 heavy (non-hydrogen) atoms. The van der Waals surface area contributed by atoms with E-state index in [1.165, 1.54) is 0 Å². The van der Waals surface area contributed by atoms with Crippen molar-refractivity contribution < 1.29 is 14.0 Å². The van der Waals surface area contributed by atoms with Gasteiger partial charge in [-0.25, -0.2) is 9.98 Å². The van der Waals surface area contributed by atoms with Crippen LogP contribution in [-0.2, 0) is 9.47 Å². The van der Waals surface area contributed by atoms with E-state index in [4.69, 9.17) is 14.5 Å². The van der Waals surface area contributed by atoms with Crippen LogP contribution in [0, 0.1) is 6.92 Å². The molecule has 166 valence electrons. The molecule has 2 N–H and O–H groups in total. The number of piperidine rings is 1. The zero-order valence-corrected chi connectivity index (χ0v) is 19.9. The first-order valence-corrected chi connectivity index (χ1v) is 13.7. The molecule has 0 aromatic carbocycles. The molecule has 3 aliphatic rings. The quantitative estimate of drug-likeness (QED) is 0.639. The van der Waals surface area contributed by atoms with Gasteiger partial charge in [-0.1, -0.05) is 18.4 Å². The Hall–Kier alpha value is -1.18. The van der Waals surface area contributed by atoms with Crippen LogP contribution in [0.2, 0.25) is 0 Å². The highest BCUT2D eigenvalue weighted by Gasteiger charge is 2.39. The minimum Gasteiger partial charge on any atom is -0.475 e. The summed E-state index contributed by atoms with van der Waals surface area (Å²) in [6, 6.07) is 3.84. The lowest BCUT2D eigenvalue weighted by atomic mass is 10.1. The smallest absolute Gasteiger partial charge is 0.220 e. The van der Waals surface area contributed by atoms with Crippen LogP contribution in [0.5, 0.6) is 0 Å². The lowest BCUT2D eigenvalue weighted by Gasteiger charge is -2.34. The van der Waals surface area contributed by atoms with Gasteiger partial charge in [-0.2, -0.15) is 0 Å². The van der Waals surface area contributed by atoms with Crippen molar-refractivity contribution in [3.8, 4) is 0 Å². The van der Waals surface area contributed by atoms with Crippen molar-refractivity contribution in [3.05, 3.63) is 30.1 Å². The highest BCUT2D eigenvalue weighted by molar-refractivity contribution is 8.65. The number of aromatic nitrogens is 1. The summed E-state index contributed by atoms with van der Waals surface area (Å²) in [7, 11) is 4.60. The summed E-state index contributed by atoms with van der Waals surface area (Å²) in [6.07, 6.45) is 7.81. The number of hydrogen-bond donors (Lipinski definition) is 2. The zero-order valence-electron chi connectivity index (χ0n) is 18.0. The maximum absolute atomic E-state index is 10.8. The first-order valence-electron chi connectivity index (χ1n) is 10.6. The van der Waals surface area contributed by atoms with E-state index >= 15 is 0 Å². The van der Waals surface area contributed by atoms with Crippen molar-refractivity contribution >= 4 is 30.0 Å². The third-order valence-corrected chi connectivity index (χ3v) is 10.3. The number of nitrogens with one attached hydrogen (secondary N) is 1. The van der Waals surface area contributed by atoms with Crippen molar-refractivity contribution in [1.82, 2.24) is 9.88 Å². The minimum atomic E-state index is -1.89. The summed E-state index contributed by atoms with van der Waals surface area (Å²) in [5.41, 5.74) is 1.79. The van der Waals surface area contributed by atoms with Crippen LogP contribution in [0.25, 0.3) is 0 Å². The third kappa shape index (κ3) is 4.83. The molecule has 0 spiro atoms. The molecular formula is C21H33N4O3PS. The highest BCUT2D eigenvalue weighted by Crippen LogP contribution is 2.69. The predicted molar refractivity (Wildman–Crippen MR) is 127 cm³/mol. The second kappa shape index (κ2) is 9.13. The number of ether oxygens (including phenoxy) is 2. The van der Waals surface area contributed by atoms with Gasteiger partial charge in [0.2, 0.25) is 5.90 Å². The molecule has 1 aromatic heterocycles. The highest BCUT2D eigenvalue weighted by atomic mass is 32.8. The number of pyridine rings is 1. The van der Waals surface area contributed by atoms with Crippen LogP contribution in [0.1, 0.15) is 31.4 Å². The summed E-state index contributed by atoms with van der Waals surface area (Å²) in [5, 5.41) is 4.67. The Balaban J connectivity index is 1.44. The number of rotatable bonds is 6. The van der Waals surface area contributed by atoms with Gasteiger partial charge in [0.25, 0.3) is 0 Å². The molecule has 1 aliphatic carbocycles. The maximum atomic E-state index is 10.8. The normalized spacial score (nSPS) is 28.5. The first-order chi connectivity index (χ1) is 14.4. The molecule has 4 atom stereocenters. The number of nitrogens with zero attached hydrogens (tertiary/aromatic N) is 3. The molecule has 4 rings (SSSR count). The number of methoxy groups -OCH3 is 1. The molecule has 2 fully saturated rings. The van der Waals surface area contributed by atoms with Gasteiger partial charge < -0.3 is 24.2 Å². The number of hydrogen-bond acceptors (Lipinski definition) is 7. The fraction of sp³-hybridized carbons (Fsp3) is 0.619. The van der Waals surface area contributed by atoms with E-state index in [1.807, 2.05) is 25.1 Å². The molecule has 1 saturated carbocycles. The monoisotopic (exact) mass is 452 g/mol. The topological polar surface area (TPSA) is 79.2 Å². The van der Waals surface area contributed by atoms with Gasteiger partial charge in [-0.15, -0.1) is 0 Å². The lowest BCUT2D eigenvalue weighted by molar-refractivity contribution is 0.0666. The fourth-order valence-corrected chi connectivity index (χ4v) is 6.91. The largest absolute Gasteiger partial charge is 0.475 e. The van der Waals surface area contributed by atoms with Crippen LogP contribution in [0.3, 0.4) is 0 Å². The van der Waals surface area contributed by atoms with E-state index in [0.717, 1.165) is 55.2 Å². The summed E-state index contributed by atoms with van der Waals surface area (Å²) in [4.78, 5) is 11.5. The fourth-order valence-electron chi connectivity index (χ4n) is 3.93. The molecule has 7 nitrogen and oxygen atoms in total. The Kier molecular flexibility index (Phi) is 6.70. The van der Waals surface area contributed by atoms with E-state index < -0.39 is 9.93 Å². The van der Waals surface area contributed by atoms with Crippen molar-refractivity contribution in [1.29, 1.82) is 0 Å². The Bertz CT molecular complexity index is 822. The standard InChI is InChI=1S/C21H33N4O3PS/c1-14-17(6-7-19(23-14)30(26,29)16-4-5-16)24-18-8-11-22-21(20(18)27-3)28-15-9-12-25(2)13-10-15/h6-8,11,15-16,18,20,24,26H,4-5,9-10,12-13,29H2,1-3H3. The minimum absolute atomic E-state index is 0.106. The van der Waals surface area contributed by atoms with Gasteiger partial charge in [-0.05, 0) is 57.9 Å². The van der Waals surface area contributed by atoms with Crippen molar-refractivity contribution in [2.75, 3.05) is 32.6 Å². The number of anilines is 1. The van der Waals surface area contributed by atoms with Crippen LogP contribution in [0.15, 0.2) is 34.4 Å². The average Bonchev–Trinajstić information content (AvgIpc) is 3.57. The van der Waals surface area contributed by atoms with Crippen molar-refractivity contribution in [3.63, 3.8) is 0 Å². The van der Waals surface area contributed by atoms with E-state index in [0.29, 0.717) is 11.1 Å². The SMILES string of the molecule is COC1C(OC2CCN(C)CC2)=NC=CC1Nc1ccc(S(O)(P)C2CC2)nc1C. The summed E-state index contributed by atoms with van der Waals surface area (Å²) in [6.45, 7) is 4.04. The van der Waals surface area contributed by atoms with Crippen LogP contribution in [0.4, 0.5) is 5.69 Å².